The largest absolute Gasteiger partial charge is 0.382 e. The van der Waals surface area contributed by atoms with Crippen LogP contribution in [0.1, 0.15) is 29.8 Å². The highest BCUT2D eigenvalue weighted by Crippen LogP contribution is 2.25. The molecule has 0 aliphatic heterocycles. The first-order chi connectivity index (χ1) is 8.13. The zero-order valence-electron chi connectivity index (χ0n) is 9.89. The molecule has 0 aliphatic rings. The maximum Gasteiger partial charge on any atom is 0.123 e. The van der Waals surface area contributed by atoms with E-state index in [1.165, 1.54) is 12.1 Å². The number of halogens is 1. The summed E-state index contributed by atoms with van der Waals surface area (Å²) in [5.41, 5.74) is 2.17. The Morgan fingerprint density at radius 2 is 2.24 bits per heavy atom. The van der Waals surface area contributed by atoms with Crippen molar-refractivity contribution >= 4 is 0 Å². The van der Waals surface area contributed by atoms with Crippen LogP contribution in [-0.4, -0.2) is 14.7 Å². The summed E-state index contributed by atoms with van der Waals surface area (Å²) in [6.07, 6.45) is 2.55. The maximum absolute atomic E-state index is 13.0. The van der Waals surface area contributed by atoms with E-state index < -0.39 is 6.10 Å². The van der Waals surface area contributed by atoms with Crippen LogP contribution in [0.4, 0.5) is 4.39 Å². The average Bonchev–Trinajstić information content (AvgIpc) is 2.76. The van der Waals surface area contributed by atoms with Gasteiger partial charge in [-0.2, -0.15) is 0 Å². The summed E-state index contributed by atoms with van der Waals surface area (Å²) in [5.74, 6) is -0.289. The minimum atomic E-state index is -0.766. The van der Waals surface area contributed by atoms with Crippen LogP contribution < -0.4 is 0 Å². The van der Waals surface area contributed by atoms with Crippen molar-refractivity contribution in [1.29, 1.82) is 0 Å². The van der Waals surface area contributed by atoms with Crippen molar-refractivity contribution in [3.8, 4) is 0 Å². The molecule has 0 fully saturated rings. The Bertz CT molecular complexity index is 522. The van der Waals surface area contributed by atoms with Crippen LogP contribution in [0.2, 0.25) is 0 Å². The first-order valence-corrected chi connectivity index (χ1v) is 5.57. The molecule has 0 aliphatic carbocycles. The molecule has 17 heavy (non-hydrogen) atoms. The van der Waals surface area contributed by atoms with Crippen LogP contribution in [0.25, 0.3) is 0 Å². The Morgan fingerprint density at radius 1 is 1.47 bits per heavy atom. The van der Waals surface area contributed by atoms with E-state index in [1.807, 2.05) is 11.5 Å². The SMILES string of the molecule is CCn1cncc1C(O)c1ccc(F)cc1C. The zero-order valence-corrected chi connectivity index (χ0v) is 9.89. The number of benzene rings is 1. The second kappa shape index (κ2) is 4.67. The second-order valence-corrected chi connectivity index (χ2v) is 4.01. The van der Waals surface area contributed by atoms with Gasteiger partial charge in [-0.15, -0.1) is 0 Å². The molecule has 1 atom stereocenters. The van der Waals surface area contributed by atoms with Gasteiger partial charge < -0.3 is 9.67 Å². The normalized spacial score (nSPS) is 12.7. The van der Waals surface area contributed by atoms with Gasteiger partial charge in [-0.1, -0.05) is 6.07 Å². The number of aryl methyl sites for hydroxylation is 2. The van der Waals surface area contributed by atoms with Gasteiger partial charge in [0.1, 0.15) is 11.9 Å². The molecule has 0 bridgehead atoms. The molecule has 1 aromatic carbocycles. The molecular weight excluding hydrogens is 219 g/mol. The van der Waals surface area contributed by atoms with Crippen molar-refractivity contribution in [2.45, 2.75) is 26.5 Å². The summed E-state index contributed by atoms with van der Waals surface area (Å²) in [6.45, 7) is 4.51. The molecule has 0 amide bonds. The Balaban J connectivity index is 2.40. The average molecular weight is 234 g/mol. The molecule has 3 nitrogen and oxygen atoms in total. The van der Waals surface area contributed by atoms with Crippen molar-refractivity contribution < 1.29 is 9.50 Å². The van der Waals surface area contributed by atoms with Gasteiger partial charge in [0.05, 0.1) is 18.2 Å². The topological polar surface area (TPSA) is 38.0 Å². The van der Waals surface area contributed by atoms with Crippen molar-refractivity contribution in [2.75, 3.05) is 0 Å². The van der Waals surface area contributed by atoms with Crippen molar-refractivity contribution in [3.63, 3.8) is 0 Å². The highest BCUT2D eigenvalue weighted by atomic mass is 19.1. The molecule has 1 N–H and O–H groups in total. The van der Waals surface area contributed by atoms with Crippen LogP contribution in [0.3, 0.4) is 0 Å². The number of imidazole rings is 1. The van der Waals surface area contributed by atoms with Crippen molar-refractivity contribution in [3.05, 3.63) is 53.4 Å². The number of aliphatic hydroxyl groups excluding tert-OH is 1. The predicted molar refractivity (Wildman–Crippen MR) is 63.1 cm³/mol. The van der Waals surface area contributed by atoms with Gasteiger partial charge >= 0.3 is 0 Å². The molecule has 1 heterocycles. The second-order valence-electron chi connectivity index (χ2n) is 4.01. The van der Waals surface area contributed by atoms with E-state index in [1.54, 1.807) is 25.5 Å². The lowest BCUT2D eigenvalue weighted by molar-refractivity contribution is 0.209. The molecule has 0 saturated carbocycles. The first-order valence-electron chi connectivity index (χ1n) is 5.57. The van der Waals surface area contributed by atoms with Crippen LogP contribution in [0.5, 0.6) is 0 Å². The van der Waals surface area contributed by atoms with Gasteiger partial charge in [-0.3, -0.25) is 0 Å². The fourth-order valence-corrected chi connectivity index (χ4v) is 1.93. The van der Waals surface area contributed by atoms with Gasteiger partial charge in [0.2, 0.25) is 0 Å². The summed E-state index contributed by atoms with van der Waals surface area (Å²) in [5, 5.41) is 10.3. The van der Waals surface area contributed by atoms with E-state index in [0.717, 1.165) is 17.8 Å². The predicted octanol–water partition coefficient (Wildman–Crippen LogP) is 2.43. The third-order valence-corrected chi connectivity index (χ3v) is 2.89. The van der Waals surface area contributed by atoms with E-state index >= 15 is 0 Å². The highest BCUT2D eigenvalue weighted by Gasteiger charge is 2.16. The smallest absolute Gasteiger partial charge is 0.123 e. The zero-order chi connectivity index (χ0) is 12.4. The van der Waals surface area contributed by atoms with Gasteiger partial charge in [-0.25, -0.2) is 9.37 Å². The molecule has 0 spiro atoms. The standard InChI is InChI=1S/C13H15FN2O/c1-3-16-8-15-7-12(16)13(17)11-5-4-10(14)6-9(11)2/h4-8,13,17H,3H2,1-2H3. The number of aliphatic hydroxyl groups is 1. The lowest BCUT2D eigenvalue weighted by atomic mass is 10.0. The highest BCUT2D eigenvalue weighted by molar-refractivity contribution is 5.32. The molecule has 1 aromatic heterocycles. The molecular formula is C13H15FN2O. The van der Waals surface area contributed by atoms with E-state index in [4.69, 9.17) is 0 Å². The summed E-state index contributed by atoms with van der Waals surface area (Å²) >= 11 is 0. The third-order valence-electron chi connectivity index (χ3n) is 2.89. The van der Waals surface area contributed by atoms with E-state index in [-0.39, 0.29) is 5.82 Å². The van der Waals surface area contributed by atoms with Crippen LogP contribution in [0.15, 0.2) is 30.7 Å². The Labute approximate surface area is 99.5 Å². The fourth-order valence-electron chi connectivity index (χ4n) is 1.93. The Hall–Kier alpha value is -1.68. The molecule has 0 radical (unpaired) electrons. The maximum atomic E-state index is 13.0. The van der Waals surface area contributed by atoms with Gasteiger partial charge in [0.25, 0.3) is 0 Å². The molecule has 2 aromatic rings. The number of hydrogen-bond acceptors (Lipinski definition) is 2. The monoisotopic (exact) mass is 234 g/mol. The van der Waals surface area contributed by atoms with Gasteiger partial charge in [0, 0.05) is 6.54 Å². The number of aromatic nitrogens is 2. The summed E-state index contributed by atoms with van der Waals surface area (Å²) in [6, 6.07) is 4.39. The fraction of sp³-hybridized carbons (Fsp3) is 0.308. The van der Waals surface area contributed by atoms with Crippen LogP contribution in [-0.2, 0) is 6.54 Å². The van der Waals surface area contributed by atoms with Crippen molar-refractivity contribution in [2.24, 2.45) is 0 Å². The van der Waals surface area contributed by atoms with E-state index in [2.05, 4.69) is 4.98 Å². The minimum absolute atomic E-state index is 0.289. The number of hydrogen-bond donors (Lipinski definition) is 1. The molecule has 4 heteroatoms. The third kappa shape index (κ3) is 2.22. The van der Waals surface area contributed by atoms with Crippen LogP contribution in [0, 0.1) is 12.7 Å². The van der Waals surface area contributed by atoms with Crippen molar-refractivity contribution in [1.82, 2.24) is 9.55 Å². The minimum Gasteiger partial charge on any atom is -0.382 e. The van der Waals surface area contributed by atoms with Gasteiger partial charge in [-0.05, 0) is 37.1 Å². The number of rotatable bonds is 3. The summed E-state index contributed by atoms with van der Waals surface area (Å²) in [7, 11) is 0. The summed E-state index contributed by atoms with van der Waals surface area (Å²) in [4.78, 5) is 4.02. The van der Waals surface area contributed by atoms with Crippen LogP contribution >= 0.6 is 0 Å². The quantitative estimate of drug-likeness (QED) is 0.885. The molecule has 2 rings (SSSR count). The van der Waals surface area contributed by atoms with Gasteiger partial charge in [0.15, 0.2) is 0 Å². The van der Waals surface area contributed by atoms with E-state index in [0.29, 0.717) is 5.56 Å². The Morgan fingerprint density at radius 3 is 2.88 bits per heavy atom. The lowest BCUT2D eigenvalue weighted by Gasteiger charge is -2.15. The van der Waals surface area contributed by atoms with E-state index in [9.17, 15) is 9.50 Å². The molecule has 1 unspecified atom stereocenters. The Kier molecular flexibility index (Phi) is 3.24. The molecule has 0 saturated heterocycles. The summed E-state index contributed by atoms with van der Waals surface area (Å²) < 4.78 is 14.9. The lowest BCUT2D eigenvalue weighted by Crippen LogP contribution is -2.08. The number of nitrogens with zero attached hydrogens (tertiary/aromatic N) is 2. The molecule has 90 valence electrons. The first kappa shape index (κ1) is 11.8.